The summed E-state index contributed by atoms with van der Waals surface area (Å²) in [5, 5.41) is 0. The molecule has 0 aliphatic carbocycles. The minimum Gasteiger partial charge on any atom is -0.336 e. The molecule has 0 aromatic heterocycles. The Morgan fingerprint density at radius 3 is 2.50 bits per heavy atom. The zero-order valence-electron chi connectivity index (χ0n) is 13.3. The van der Waals surface area contributed by atoms with Gasteiger partial charge < -0.3 is 4.90 Å². The molecule has 1 amide bonds. The van der Waals surface area contributed by atoms with Gasteiger partial charge in [0.15, 0.2) is 0 Å². The second-order valence-corrected chi connectivity index (χ2v) is 6.23. The molecule has 0 bridgehead atoms. The molecule has 0 radical (unpaired) electrons. The van der Waals surface area contributed by atoms with Gasteiger partial charge in [-0.3, -0.25) is 4.79 Å². The third-order valence-corrected chi connectivity index (χ3v) is 4.83. The van der Waals surface area contributed by atoms with Crippen molar-refractivity contribution in [2.24, 2.45) is 5.92 Å². The summed E-state index contributed by atoms with van der Waals surface area (Å²) in [7, 11) is 0. The second kappa shape index (κ2) is 6.35. The Bertz CT molecular complexity index is 650. The van der Waals surface area contributed by atoms with Crippen molar-refractivity contribution >= 4 is 5.91 Å². The Morgan fingerprint density at radius 2 is 1.77 bits per heavy atom. The van der Waals surface area contributed by atoms with Gasteiger partial charge in [0.1, 0.15) is 0 Å². The predicted octanol–water partition coefficient (Wildman–Crippen LogP) is 4.15. The molecular weight excluding hydrogens is 270 g/mol. The van der Waals surface area contributed by atoms with Crippen LogP contribution in [-0.4, -0.2) is 17.4 Å². The standard InChI is InChI=1S/C20H23NO/c1-15-8-6-7-11-18(15)14-19-12-13-21(20(19)22)16(2)17-9-4-3-5-10-17/h3-11,16,19H,12-14H2,1-2H3/t16-,19+/m1/s1. The number of carbonyl (C=O) groups excluding carboxylic acids is 1. The highest BCUT2D eigenvalue weighted by atomic mass is 16.2. The number of amides is 1. The molecule has 0 saturated carbocycles. The molecule has 3 rings (SSSR count). The van der Waals surface area contributed by atoms with Crippen molar-refractivity contribution in [1.82, 2.24) is 4.90 Å². The lowest BCUT2D eigenvalue weighted by Crippen LogP contribution is -2.30. The van der Waals surface area contributed by atoms with Gasteiger partial charge >= 0.3 is 0 Å². The van der Waals surface area contributed by atoms with E-state index in [2.05, 4.69) is 50.2 Å². The van der Waals surface area contributed by atoms with Gasteiger partial charge in [-0.05, 0) is 43.4 Å². The Morgan fingerprint density at radius 1 is 1.09 bits per heavy atom. The molecule has 2 aromatic rings. The third kappa shape index (κ3) is 2.92. The first-order valence-corrected chi connectivity index (χ1v) is 8.06. The monoisotopic (exact) mass is 293 g/mol. The quantitative estimate of drug-likeness (QED) is 0.829. The molecule has 114 valence electrons. The summed E-state index contributed by atoms with van der Waals surface area (Å²) in [6.07, 6.45) is 1.83. The van der Waals surface area contributed by atoms with E-state index in [-0.39, 0.29) is 12.0 Å². The van der Waals surface area contributed by atoms with Crippen molar-refractivity contribution in [1.29, 1.82) is 0 Å². The van der Waals surface area contributed by atoms with Crippen LogP contribution in [0.2, 0.25) is 0 Å². The summed E-state index contributed by atoms with van der Waals surface area (Å²) >= 11 is 0. The highest BCUT2D eigenvalue weighted by Gasteiger charge is 2.34. The van der Waals surface area contributed by atoms with E-state index in [1.165, 1.54) is 16.7 Å². The van der Waals surface area contributed by atoms with Gasteiger partial charge in [0.05, 0.1) is 6.04 Å². The number of likely N-dealkylation sites (tertiary alicyclic amines) is 1. The first-order chi connectivity index (χ1) is 10.7. The van der Waals surface area contributed by atoms with Crippen LogP contribution in [0.5, 0.6) is 0 Å². The van der Waals surface area contributed by atoms with Crippen LogP contribution in [0.3, 0.4) is 0 Å². The average molecular weight is 293 g/mol. The van der Waals surface area contributed by atoms with Crippen molar-refractivity contribution in [3.63, 3.8) is 0 Å². The molecule has 0 N–H and O–H groups in total. The van der Waals surface area contributed by atoms with Crippen molar-refractivity contribution < 1.29 is 4.79 Å². The van der Waals surface area contributed by atoms with Crippen LogP contribution in [0.1, 0.15) is 36.1 Å². The number of nitrogens with zero attached hydrogens (tertiary/aromatic N) is 1. The molecule has 2 nitrogen and oxygen atoms in total. The summed E-state index contributed by atoms with van der Waals surface area (Å²) in [5.74, 6) is 0.437. The summed E-state index contributed by atoms with van der Waals surface area (Å²) in [6, 6.07) is 18.8. The van der Waals surface area contributed by atoms with Crippen molar-refractivity contribution in [2.45, 2.75) is 32.7 Å². The fraction of sp³-hybridized carbons (Fsp3) is 0.350. The molecule has 1 saturated heterocycles. The van der Waals surface area contributed by atoms with Gasteiger partial charge in [0.25, 0.3) is 0 Å². The smallest absolute Gasteiger partial charge is 0.226 e. The molecule has 1 aliphatic rings. The highest BCUT2D eigenvalue weighted by Crippen LogP contribution is 2.30. The maximum atomic E-state index is 12.8. The zero-order valence-corrected chi connectivity index (χ0v) is 13.3. The molecule has 2 heteroatoms. The van der Waals surface area contributed by atoms with Gasteiger partial charge in [0.2, 0.25) is 5.91 Å². The summed E-state index contributed by atoms with van der Waals surface area (Å²) in [4.78, 5) is 14.8. The molecular formula is C20H23NO. The first kappa shape index (κ1) is 14.8. The van der Waals surface area contributed by atoms with E-state index >= 15 is 0 Å². The van der Waals surface area contributed by atoms with Crippen LogP contribution in [0.25, 0.3) is 0 Å². The van der Waals surface area contributed by atoms with Crippen molar-refractivity contribution in [3.05, 3.63) is 71.3 Å². The summed E-state index contributed by atoms with van der Waals surface area (Å²) in [6.45, 7) is 5.12. The normalized spacial score (nSPS) is 19.5. The van der Waals surface area contributed by atoms with Crippen LogP contribution in [0, 0.1) is 12.8 Å². The van der Waals surface area contributed by atoms with E-state index in [9.17, 15) is 4.79 Å². The van der Waals surface area contributed by atoms with Gasteiger partial charge in [-0.25, -0.2) is 0 Å². The van der Waals surface area contributed by atoms with Crippen molar-refractivity contribution in [3.8, 4) is 0 Å². The van der Waals surface area contributed by atoms with Crippen LogP contribution < -0.4 is 0 Å². The summed E-state index contributed by atoms with van der Waals surface area (Å²) in [5.41, 5.74) is 3.80. The molecule has 0 unspecified atom stereocenters. The van der Waals surface area contributed by atoms with E-state index in [1.807, 2.05) is 23.1 Å². The predicted molar refractivity (Wildman–Crippen MR) is 89.6 cm³/mol. The SMILES string of the molecule is Cc1ccccc1C[C@@H]1CCN([C@H](C)c2ccccc2)C1=O. The van der Waals surface area contributed by atoms with E-state index < -0.39 is 0 Å². The van der Waals surface area contributed by atoms with Crippen LogP contribution in [-0.2, 0) is 11.2 Å². The number of benzene rings is 2. The van der Waals surface area contributed by atoms with E-state index in [1.54, 1.807) is 0 Å². The number of rotatable bonds is 4. The van der Waals surface area contributed by atoms with Gasteiger partial charge in [-0.2, -0.15) is 0 Å². The van der Waals surface area contributed by atoms with E-state index in [0.717, 1.165) is 19.4 Å². The maximum Gasteiger partial charge on any atom is 0.226 e. The Labute approximate surface area is 132 Å². The molecule has 2 aromatic carbocycles. The maximum absolute atomic E-state index is 12.8. The Kier molecular flexibility index (Phi) is 4.28. The second-order valence-electron chi connectivity index (χ2n) is 6.23. The van der Waals surface area contributed by atoms with Gasteiger partial charge in [-0.15, -0.1) is 0 Å². The minimum absolute atomic E-state index is 0.132. The van der Waals surface area contributed by atoms with Gasteiger partial charge in [0, 0.05) is 12.5 Å². The summed E-state index contributed by atoms with van der Waals surface area (Å²) < 4.78 is 0. The lowest BCUT2D eigenvalue weighted by Gasteiger charge is -2.25. The lowest BCUT2D eigenvalue weighted by molar-refractivity contribution is -0.132. The average Bonchev–Trinajstić information content (AvgIpc) is 2.91. The number of hydrogen-bond donors (Lipinski definition) is 0. The topological polar surface area (TPSA) is 20.3 Å². The van der Waals surface area contributed by atoms with Crippen molar-refractivity contribution in [2.75, 3.05) is 6.54 Å². The Balaban J connectivity index is 1.71. The lowest BCUT2D eigenvalue weighted by atomic mass is 9.95. The number of hydrogen-bond acceptors (Lipinski definition) is 1. The van der Waals surface area contributed by atoms with Crippen LogP contribution in [0.4, 0.5) is 0 Å². The number of aryl methyl sites for hydroxylation is 1. The zero-order chi connectivity index (χ0) is 15.5. The molecule has 22 heavy (non-hydrogen) atoms. The number of carbonyl (C=O) groups is 1. The van der Waals surface area contributed by atoms with Crippen LogP contribution in [0.15, 0.2) is 54.6 Å². The fourth-order valence-electron chi connectivity index (χ4n) is 3.35. The van der Waals surface area contributed by atoms with Crippen LogP contribution >= 0.6 is 0 Å². The molecule has 2 atom stereocenters. The molecule has 1 fully saturated rings. The fourth-order valence-corrected chi connectivity index (χ4v) is 3.35. The first-order valence-electron chi connectivity index (χ1n) is 8.06. The third-order valence-electron chi connectivity index (χ3n) is 4.83. The molecule has 1 aliphatic heterocycles. The van der Waals surface area contributed by atoms with Gasteiger partial charge in [-0.1, -0.05) is 54.6 Å². The molecule has 0 spiro atoms. The largest absolute Gasteiger partial charge is 0.336 e. The van der Waals surface area contributed by atoms with E-state index in [0.29, 0.717) is 5.91 Å². The Hall–Kier alpha value is -2.09. The minimum atomic E-state index is 0.132. The highest BCUT2D eigenvalue weighted by molar-refractivity contribution is 5.81. The van der Waals surface area contributed by atoms with E-state index in [4.69, 9.17) is 0 Å². The molecule has 1 heterocycles.